The van der Waals surface area contributed by atoms with Crippen molar-refractivity contribution in [3.05, 3.63) is 30.5 Å². The van der Waals surface area contributed by atoms with Gasteiger partial charge in [-0.25, -0.2) is 4.98 Å². The lowest BCUT2D eigenvalue weighted by Crippen LogP contribution is -2.28. The number of hydrogen-bond donors (Lipinski definition) is 1. The van der Waals surface area contributed by atoms with E-state index in [9.17, 15) is 0 Å². The molecule has 0 bridgehead atoms. The molecule has 0 aliphatic heterocycles. The molecule has 0 atom stereocenters. The zero-order valence-corrected chi connectivity index (χ0v) is 11.5. The number of aliphatic hydroxyl groups excluding tert-OH is 1. The molecule has 2 aromatic rings. The molecule has 104 valence electrons. The highest BCUT2D eigenvalue weighted by Gasteiger charge is 2.09. The maximum atomic E-state index is 9.16. The largest absolute Gasteiger partial charge is 0.395 e. The summed E-state index contributed by atoms with van der Waals surface area (Å²) < 4.78 is 2.05. The Hall–Kier alpha value is -1.46. The topological polar surface area (TPSA) is 53.7 Å². The standard InChI is InChI=1S/C14H22N4O/c1-2-3-4-6-17(8-9-19)12-13-10-16-14-11-15-5-7-18(13)14/h5,7,10-11,19H,2-4,6,8-9,12H2,1H3. The molecular weight excluding hydrogens is 240 g/mol. The van der Waals surface area contributed by atoms with E-state index < -0.39 is 0 Å². The van der Waals surface area contributed by atoms with Gasteiger partial charge in [0.2, 0.25) is 0 Å². The summed E-state index contributed by atoms with van der Waals surface area (Å²) in [5, 5.41) is 9.16. The third-order valence-corrected chi connectivity index (χ3v) is 3.27. The van der Waals surface area contributed by atoms with E-state index in [1.807, 2.05) is 12.4 Å². The fraction of sp³-hybridized carbons (Fsp3) is 0.571. The lowest BCUT2D eigenvalue weighted by atomic mass is 10.2. The zero-order valence-electron chi connectivity index (χ0n) is 11.5. The molecule has 2 rings (SSSR count). The van der Waals surface area contributed by atoms with Gasteiger partial charge in [0.15, 0.2) is 5.65 Å². The van der Waals surface area contributed by atoms with Crippen LogP contribution in [0.25, 0.3) is 5.65 Å². The first kappa shape index (κ1) is 14.0. The second kappa shape index (κ2) is 7.21. The molecule has 0 aliphatic carbocycles. The lowest BCUT2D eigenvalue weighted by Gasteiger charge is -2.20. The van der Waals surface area contributed by atoms with Crippen LogP contribution in [0.15, 0.2) is 24.8 Å². The van der Waals surface area contributed by atoms with Gasteiger partial charge in [-0.15, -0.1) is 0 Å². The normalized spacial score (nSPS) is 11.5. The molecule has 0 saturated carbocycles. The van der Waals surface area contributed by atoms with Gasteiger partial charge >= 0.3 is 0 Å². The molecule has 0 aromatic carbocycles. The average Bonchev–Trinajstić information content (AvgIpc) is 2.83. The Balaban J connectivity index is 2.03. The van der Waals surface area contributed by atoms with Gasteiger partial charge in [0.05, 0.1) is 24.7 Å². The van der Waals surface area contributed by atoms with Crippen LogP contribution in [0.3, 0.4) is 0 Å². The summed E-state index contributed by atoms with van der Waals surface area (Å²) >= 11 is 0. The van der Waals surface area contributed by atoms with Crippen molar-refractivity contribution >= 4 is 5.65 Å². The molecule has 0 unspecified atom stereocenters. The quantitative estimate of drug-likeness (QED) is 0.736. The Morgan fingerprint density at radius 1 is 1.26 bits per heavy atom. The third-order valence-electron chi connectivity index (χ3n) is 3.27. The van der Waals surface area contributed by atoms with Crippen LogP contribution < -0.4 is 0 Å². The predicted molar refractivity (Wildman–Crippen MR) is 74.9 cm³/mol. The van der Waals surface area contributed by atoms with E-state index in [4.69, 9.17) is 5.11 Å². The number of nitrogens with zero attached hydrogens (tertiary/aromatic N) is 4. The van der Waals surface area contributed by atoms with E-state index in [1.54, 1.807) is 12.4 Å². The van der Waals surface area contributed by atoms with Crippen LogP contribution >= 0.6 is 0 Å². The van der Waals surface area contributed by atoms with Crippen LogP contribution in [-0.2, 0) is 6.54 Å². The first-order chi connectivity index (χ1) is 9.35. The highest BCUT2D eigenvalue weighted by Crippen LogP contribution is 2.09. The Labute approximate surface area is 113 Å². The molecule has 2 aromatic heterocycles. The van der Waals surface area contributed by atoms with E-state index in [0.717, 1.165) is 24.4 Å². The number of aromatic nitrogens is 3. The molecule has 0 amide bonds. The van der Waals surface area contributed by atoms with Gasteiger partial charge in [-0.1, -0.05) is 19.8 Å². The van der Waals surface area contributed by atoms with Gasteiger partial charge in [0.1, 0.15) is 0 Å². The second-order valence-corrected chi connectivity index (χ2v) is 4.76. The van der Waals surface area contributed by atoms with Crippen molar-refractivity contribution in [3.63, 3.8) is 0 Å². The minimum atomic E-state index is 0.199. The molecule has 0 saturated heterocycles. The van der Waals surface area contributed by atoms with Crippen molar-refractivity contribution in [2.75, 3.05) is 19.7 Å². The van der Waals surface area contributed by atoms with Crippen molar-refractivity contribution in [2.45, 2.75) is 32.7 Å². The smallest absolute Gasteiger partial charge is 0.155 e. The second-order valence-electron chi connectivity index (χ2n) is 4.76. The molecule has 0 spiro atoms. The van der Waals surface area contributed by atoms with Crippen LogP contribution in [0.4, 0.5) is 0 Å². The predicted octanol–water partition coefficient (Wildman–Crippen LogP) is 1.71. The number of hydrogen-bond acceptors (Lipinski definition) is 4. The summed E-state index contributed by atoms with van der Waals surface area (Å²) in [6.07, 6.45) is 11.0. The minimum Gasteiger partial charge on any atom is -0.395 e. The van der Waals surface area contributed by atoms with E-state index in [1.165, 1.54) is 19.3 Å². The summed E-state index contributed by atoms with van der Waals surface area (Å²) in [4.78, 5) is 10.7. The van der Waals surface area contributed by atoms with E-state index in [-0.39, 0.29) is 6.61 Å². The molecular formula is C14H22N4O. The zero-order chi connectivity index (χ0) is 13.5. The van der Waals surface area contributed by atoms with Gasteiger partial charge < -0.3 is 5.11 Å². The summed E-state index contributed by atoms with van der Waals surface area (Å²) in [5.74, 6) is 0. The van der Waals surface area contributed by atoms with Crippen molar-refractivity contribution in [3.8, 4) is 0 Å². The lowest BCUT2D eigenvalue weighted by molar-refractivity contribution is 0.186. The monoisotopic (exact) mass is 262 g/mol. The minimum absolute atomic E-state index is 0.199. The molecule has 5 heteroatoms. The average molecular weight is 262 g/mol. The van der Waals surface area contributed by atoms with Crippen LogP contribution in [0.5, 0.6) is 0 Å². The van der Waals surface area contributed by atoms with Crippen molar-refractivity contribution < 1.29 is 5.11 Å². The molecule has 19 heavy (non-hydrogen) atoms. The molecule has 2 heterocycles. The highest BCUT2D eigenvalue weighted by molar-refractivity contribution is 5.36. The molecule has 1 N–H and O–H groups in total. The molecule has 0 fully saturated rings. The number of aliphatic hydroxyl groups is 1. The van der Waals surface area contributed by atoms with E-state index in [0.29, 0.717) is 6.54 Å². The Kier molecular flexibility index (Phi) is 5.30. The Morgan fingerprint density at radius 3 is 2.95 bits per heavy atom. The van der Waals surface area contributed by atoms with Gasteiger partial charge in [-0.2, -0.15) is 0 Å². The first-order valence-corrected chi connectivity index (χ1v) is 6.94. The first-order valence-electron chi connectivity index (χ1n) is 6.94. The maximum absolute atomic E-state index is 9.16. The highest BCUT2D eigenvalue weighted by atomic mass is 16.3. The fourth-order valence-corrected chi connectivity index (χ4v) is 2.24. The summed E-state index contributed by atoms with van der Waals surface area (Å²) in [6, 6.07) is 0. The van der Waals surface area contributed by atoms with Gasteiger partial charge in [-0.05, 0) is 13.0 Å². The number of unbranched alkanes of at least 4 members (excludes halogenated alkanes) is 2. The van der Waals surface area contributed by atoms with Crippen molar-refractivity contribution in [1.82, 2.24) is 19.3 Å². The van der Waals surface area contributed by atoms with E-state index >= 15 is 0 Å². The molecule has 0 radical (unpaired) electrons. The number of imidazole rings is 1. The van der Waals surface area contributed by atoms with Crippen LogP contribution in [0, 0.1) is 0 Å². The van der Waals surface area contributed by atoms with Crippen molar-refractivity contribution in [1.29, 1.82) is 0 Å². The third kappa shape index (κ3) is 3.75. The number of fused-ring (bicyclic) bond motifs is 1. The Morgan fingerprint density at radius 2 is 2.16 bits per heavy atom. The van der Waals surface area contributed by atoms with Gasteiger partial charge in [0.25, 0.3) is 0 Å². The van der Waals surface area contributed by atoms with Gasteiger partial charge in [-0.3, -0.25) is 14.3 Å². The fourth-order valence-electron chi connectivity index (χ4n) is 2.24. The SMILES string of the molecule is CCCCCN(CCO)Cc1cnc2cnccn12. The summed E-state index contributed by atoms with van der Waals surface area (Å²) in [5.41, 5.74) is 2.01. The van der Waals surface area contributed by atoms with Crippen LogP contribution in [0.1, 0.15) is 31.9 Å². The molecule has 0 aliphatic rings. The van der Waals surface area contributed by atoms with E-state index in [2.05, 4.69) is 26.2 Å². The van der Waals surface area contributed by atoms with Gasteiger partial charge in [0, 0.05) is 25.5 Å². The van der Waals surface area contributed by atoms with Crippen molar-refractivity contribution in [2.24, 2.45) is 0 Å². The van der Waals surface area contributed by atoms with Crippen LogP contribution in [-0.4, -0.2) is 44.1 Å². The molecule has 5 nitrogen and oxygen atoms in total. The van der Waals surface area contributed by atoms with Crippen LogP contribution in [0.2, 0.25) is 0 Å². The Bertz CT molecular complexity index is 497. The maximum Gasteiger partial charge on any atom is 0.155 e. The summed E-state index contributed by atoms with van der Waals surface area (Å²) in [7, 11) is 0. The number of rotatable bonds is 8. The summed E-state index contributed by atoms with van der Waals surface area (Å²) in [6.45, 7) is 4.95.